The predicted octanol–water partition coefficient (Wildman–Crippen LogP) is 4.63. The van der Waals surface area contributed by atoms with Crippen LogP contribution in [0.15, 0.2) is 47.8 Å². The lowest BCUT2D eigenvalue weighted by Gasteiger charge is -2.44. The highest BCUT2D eigenvalue weighted by Crippen LogP contribution is 2.48. The summed E-state index contributed by atoms with van der Waals surface area (Å²) in [5.41, 5.74) is 1.52. The number of aromatic nitrogens is 5. The maximum Gasteiger partial charge on any atom is 0.355 e. The lowest BCUT2D eigenvalue weighted by molar-refractivity contribution is -0.128. The number of carbonyl (C=O) groups is 1. The largest absolute Gasteiger partial charge is 0.355 e. The number of likely N-dealkylation sites (N-methyl/N-ethyl adjacent to an activating group) is 1. The molecule has 1 amide bonds. The Balaban J connectivity index is 1.37. The molecule has 0 spiro atoms. The van der Waals surface area contributed by atoms with Gasteiger partial charge in [-0.3, -0.25) is 4.79 Å². The van der Waals surface area contributed by atoms with Crippen LogP contribution < -0.4 is 15.5 Å². The van der Waals surface area contributed by atoms with E-state index in [4.69, 9.17) is 15.0 Å². The van der Waals surface area contributed by atoms with E-state index in [1.807, 2.05) is 18.7 Å². The lowest BCUT2D eigenvalue weighted by Crippen LogP contribution is -2.58. The second-order valence-electron chi connectivity index (χ2n) is 14.2. The summed E-state index contributed by atoms with van der Waals surface area (Å²) in [5, 5.41) is 0.316. The number of benzene rings is 1. The minimum atomic E-state index is -0.733. The molecule has 5 heterocycles. The number of hydrogen-bond acceptors (Lipinski definition) is 9. The van der Waals surface area contributed by atoms with Crippen molar-refractivity contribution in [3.63, 3.8) is 0 Å². The molecule has 13 heteroatoms. The van der Waals surface area contributed by atoms with Crippen molar-refractivity contribution in [1.29, 1.82) is 0 Å². The van der Waals surface area contributed by atoms with E-state index in [1.165, 1.54) is 34.9 Å². The van der Waals surface area contributed by atoms with Crippen molar-refractivity contribution < 1.29 is 13.6 Å². The van der Waals surface area contributed by atoms with E-state index >= 15 is 8.78 Å². The number of nitrogens with zero attached hydrogens (tertiary/aromatic N) is 9. The molecule has 2 saturated carbocycles. The average Bonchev–Trinajstić information content (AvgIpc) is 4.03. The van der Waals surface area contributed by atoms with Gasteiger partial charge in [-0.05, 0) is 70.9 Å². The van der Waals surface area contributed by atoms with Gasteiger partial charge in [-0.15, -0.1) is 0 Å². The average molecular weight is 682 g/mol. The number of piperazine rings is 2. The highest BCUT2D eigenvalue weighted by Gasteiger charge is 2.39. The van der Waals surface area contributed by atoms with Crippen molar-refractivity contribution in [3.8, 4) is 16.9 Å². The summed E-state index contributed by atoms with van der Waals surface area (Å²) in [6.45, 7) is 11.6. The molecule has 11 nitrogen and oxygen atoms in total. The summed E-state index contributed by atoms with van der Waals surface area (Å²) in [6, 6.07) is 6.74. The molecule has 260 valence electrons. The van der Waals surface area contributed by atoms with Gasteiger partial charge in [0, 0.05) is 68.8 Å². The first-order valence-electron chi connectivity index (χ1n) is 17.6. The van der Waals surface area contributed by atoms with Crippen LogP contribution in [0.5, 0.6) is 0 Å². The van der Waals surface area contributed by atoms with Gasteiger partial charge >= 0.3 is 5.69 Å². The van der Waals surface area contributed by atoms with Crippen molar-refractivity contribution >= 4 is 28.7 Å². The molecule has 3 aromatic heterocycles. The molecule has 0 radical (unpaired) electrons. The molecule has 8 rings (SSSR count). The van der Waals surface area contributed by atoms with Crippen LogP contribution in [0.4, 0.5) is 20.5 Å². The molecule has 1 aromatic carbocycles. The number of pyridine rings is 1. The summed E-state index contributed by atoms with van der Waals surface area (Å²) in [7, 11) is 2.11. The minimum Gasteiger partial charge on any atom is -0.349 e. The zero-order valence-corrected chi connectivity index (χ0v) is 28.6. The molecule has 0 N–H and O–H groups in total. The summed E-state index contributed by atoms with van der Waals surface area (Å²) in [6.07, 6.45) is 5.02. The molecule has 4 aliphatic rings. The Morgan fingerprint density at radius 2 is 1.54 bits per heavy atom. The van der Waals surface area contributed by atoms with E-state index in [2.05, 4.69) is 28.4 Å². The number of rotatable bonds is 7. The predicted molar refractivity (Wildman–Crippen MR) is 188 cm³/mol. The maximum absolute atomic E-state index is 16.2. The highest BCUT2D eigenvalue weighted by molar-refractivity contribution is 5.91. The summed E-state index contributed by atoms with van der Waals surface area (Å²) < 4.78 is 32.9. The third-order valence-electron chi connectivity index (χ3n) is 10.5. The third kappa shape index (κ3) is 5.70. The molecular formula is C37H41F2N9O2. The van der Waals surface area contributed by atoms with E-state index in [0.29, 0.717) is 30.1 Å². The number of halogens is 2. The van der Waals surface area contributed by atoms with E-state index in [1.54, 1.807) is 11.0 Å². The van der Waals surface area contributed by atoms with Crippen LogP contribution in [0, 0.1) is 11.6 Å². The Morgan fingerprint density at radius 3 is 2.16 bits per heavy atom. The van der Waals surface area contributed by atoms with Crippen LogP contribution in [0.2, 0.25) is 0 Å². The standard InChI is InChI=1S/C37H41F2N9O2/c1-5-29(49)46-19-22(3)47(20-21(46)2)34-26-18-28(39)32(25-8-6-7-9-27(25)38)40-35(26)48(37(50)43-34)33-30(23-10-11-23)41-36(42-31(33)24-12-13-24)45-16-14-44(4)15-17-45/h5-9,18,21-24H,1,10-17,19-20H2,2-4H3/t21-,22+/m1/s1. The van der Waals surface area contributed by atoms with Crippen LogP contribution >= 0.6 is 0 Å². The lowest BCUT2D eigenvalue weighted by atomic mass is 10.1. The molecule has 0 unspecified atom stereocenters. The molecule has 2 aliphatic heterocycles. The van der Waals surface area contributed by atoms with Crippen molar-refractivity contribution in [2.75, 3.05) is 56.1 Å². The summed E-state index contributed by atoms with van der Waals surface area (Å²) in [4.78, 5) is 55.1. The molecule has 0 bridgehead atoms. The number of hydrogen-bond donors (Lipinski definition) is 0. The van der Waals surface area contributed by atoms with E-state index in [-0.39, 0.29) is 52.5 Å². The molecule has 4 aromatic rings. The fraction of sp³-hybridized carbons (Fsp3) is 0.459. The van der Waals surface area contributed by atoms with E-state index in [0.717, 1.165) is 63.3 Å². The molecule has 2 atom stereocenters. The number of carbonyl (C=O) groups excluding carboxylic acids is 1. The van der Waals surface area contributed by atoms with Gasteiger partial charge in [0.1, 0.15) is 23.1 Å². The number of amides is 1. The van der Waals surface area contributed by atoms with E-state index in [9.17, 15) is 9.59 Å². The first kappa shape index (κ1) is 32.4. The zero-order valence-electron chi connectivity index (χ0n) is 28.6. The second-order valence-corrected chi connectivity index (χ2v) is 14.2. The molecule has 2 saturated heterocycles. The fourth-order valence-electron chi connectivity index (χ4n) is 7.35. The first-order valence-corrected chi connectivity index (χ1v) is 17.6. The second kappa shape index (κ2) is 12.5. The van der Waals surface area contributed by atoms with Gasteiger partial charge in [0.15, 0.2) is 5.65 Å². The van der Waals surface area contributed by atoms with Gasteiger partial charge in [-0.25, -0.2) is 33.1 Å². The normalized spacial score (nSPS) is 21.6. The maximum atomic E-state index is 16.2. The van der Waals surface area contributed by atoms with Gasteiger partial charge in [-0.2, -0.15) is 4.98 Å². The Morgan fingerprint density at radius 1 is 0.880 bits per heavy atom. The quantitative estimate of drug-likeness (QED) is 0.258. The number of fused-ring (bicyclic) bond motifs is 1. The van der Waals surface area contributed by atoms with Crippen LogP contribution in [-0.4, -0.2) is 98.6 Å². The Bertz CT molecular complexity index is 2040. The van der Waals surface area contributed by atoms with Crippen LogP contribution in [0.1, 0.15) is 62.8 Å². The van der Waals surface area contributed by atoms with Gasteiger partial charge in [0.2, 0.25) is 11.9 Å². The summed E-state index contributed by atoms with van der Waals surface area (Å²) in [5.74, 6) is -0.309. The molecule has 2 aliphatic carbocycles. The fourth-order valence-corrected chi connectivity index (χ4v) is 7.35. The summed E-state index contributed by atoms with van der Waals surface area (Å²) >= 11 is 0. The van der Waals surface area contributed by atoms with Crippen LogP contribution in [0.25, 0.3) is 28.0 Å². The SMILES string of the molecule is C=CC(=O)N1C[C@H](C)N(c2nc(=O)n(-c3c(C4CC4)nc(N4CCN(C)CC4)nc3C3CC3)c3nc(-c4ccccc4F)c(F)cc23)C[C@H]1C. The van der Waals surface area contributed by atoms with Gasteiger partial charge in [-0.1, -0.05) is 18.7 Å². The Hall–Kier alpha value is -4.78. The van der Waals surface area contributed by atoms with Gasteiger partial charge in [0.05, 0.1) is 22.5 Å². The molecule has 50 heavy (non-hydrogen) atoms. The van der Waals surface area contributed by atoms with Crippen LogP contribution in [0.3, 0.4) is 0 Å². The first-order chi connectivity index (χ1) is 24.1. The smallest absolute Gasteiger partial charge is 0.349 e. The van der Waals surface area contributed by atoms with E-state index < -0.39 is 17.3 Å². The van der Waals surface area contributed by atoms with Gasteiger partial charge in [0.25, 0.3) is 0 Å². The van der Waals surface area contributed by atoms with Crippen molar-refractivity contribution in [2.45, 2.75) is 63.5 Å². The number of anilines is 2. The molecular weight excluding hydrogens is 640 g/mol. The van der Waals surface area contributed by atoms with Crippen molar-refractivity contribution in [1.82, 2.24) is 34.3 Å². The van der Waals surface area contributed by atoms with Gasteiger partial charge < -0.3 is 19.6 Å². The zero-order chi connectivity index (χ0) is 34.8. The van der Waals surface area contributed by atoms with Crippen molar-refractivity contribution in [2.24, 2.45) is 0 Å². The van der Waals surface area contributed by atoms with Crippen molar-refractivity contribution in [3.05, 3.63) is 76.5 Å². The Labute approximate surface area is 289 Å². The Kier molecular flexibility index (Phi) is 8.12. The monoisotopic (exact) mass is 681 g/mol. The van der Waals surface area contributed by atoms with Crippen LogP contribution in [-0.2, 0) is 4.79 Å². The minimum absolute atomic E-state index is 0.00528. The third-order valence-corrected chi connectivity index (χ3v) is 10.5. The molecule has 4 fully saturated rings. The highest BCUT2D eigenvalue weighted by atomic mass is 19.1. The topological polar surface area (TPSA) is 104 Å².